The van der Waals surface area contributed by atoms with E-state index in [0.717, 1.165) is 29.2 Å². The summed E-state index contributed by atoms with van der Waals surface area (Å²) in [5.74, 6) is -0.480. The van der Waals surface area contributed by atoms with E-state index in [1.165, 1.54) is 7.11 Å². The van der Waals surface area contributed by atoms with Crippen LogP contribution < -0.4 is 5.32 Å². The summed E-state index contributed by atoms with van der Waals surface area (Å²) in [7, 11) is 1.43. The molecule has 1 atom stereocenters. The summed E-state index contributed by atoms with van der Waals surface area (Å²) in [6, 6.07) is 9.71. The number of carbonyl (C=O) groups excluding carboxylic acids is 1. The average molecular weight is 304 g/mol. The molecular formula is C16H20N2O2S. The molecule has 1 N–H and O–H groups in total. The van der Waals surface area contributed by atoms with E-state index in [2.05, 4.69) is 15.7 Å². The number of aromatic nitrogens is 1. The van der Waals surface area contributed by atoms with Gasteiger partial charge < -0.3 is 10.1 Å². The third-order valence-electron chi connectivity index (χ3n) is 3.26. The number of rotatable bonds is 7. The summed E-state index contributed by atoms with van der Waals surface area (Å²) in [5.41, 5.74) is 2.07. The van der Waals surface area contributed by atoms with Gasteiger partial charge in [0, 0.05) is 24.9 Å². The highest BCUT2D eigenvalue weighted by Crippen LogP contribution is 2.16. The van der Waals surface area contributed by atoms with E-state index < -0.39 is 0 Å². The van der Waals surface area contributed by atoms with Crippen molar-refractivity contribution in [3.05, 3.63) is 52.0 Å². The Hall–Kier alpha value is -1.72. The van der Waals surface area contributed by atoms with E-state index >= 15 is 0 Å². The first kappa shape index (κ1) is 15.7. The molecule has 1 unspecified atom stereocenters. The highest BCUT2D eigenvalue weighted by molar-refractivity contribution is 7.09. The third-order valence-corrected chi connectivity index (χ3v) is 4.08. The second kappa shape index (κ2) is 7.90. The number of carbonyl (C=O) groups is 1. The van der Waals surface area contributed by atoms with Gasteiger partial charge in [-0.15, -0.1) is 11.3 Å². The summed E-state index contributed by atoms with van der Waals surface area (Å²) in [4.78, 5) is 16.3. The van der Waals surface area contributed by atoms with Crippen LogP contribution in [0.15, 0.2) is 35.7 Å². The predicted octanol–water partition coefficient (Wildman–Crippen LogP) is 2.54. The summed E-state index contributed by atoms with van der Waals surface area (Å²) < 4.78 is 4.90. The summed E-state index contributed by atoms with van der Waals surface area (Å²) in [6.07, 6.45) is 0.868. The molecule has 5 heteroatoms. The van der Waals surface area contributed by atoms with E-state index in [-0.39, 0.29) is 11.9 Å². The number of hydrogen-bond donors (Lipinski definition) is 1. The molecule has 0 amide bonds. The Bertz CT molecular complexity index is 569. The van der Waals surface area contributed by atoms with Crippen LogP contribution in [0.4, 0.5) is 0 Å². The normalized spacial score (nSPS) is 12.1. The zero-order chi connectivity index (χ0) is 15.1. The van der Waals surface area contributed by atoms with Crippen LogP contribution >= 0.6 is 11.3 Å². The molecule has 0 fully saturated rings. The molecule has 2 rings (SSSR count). The molecule has 1 heterocycles. The maximum absolute atomic E-state index is 11.9. The predicted molar refractivity (Wildman–Crippen MR) is 84.6 cm³/mol. The molecule has 0 bridgehead atoms. The second-order valence-corrected chi connectivity index (χ2v) is 5.86. The smallest absolute Gasteiger partial charge is 0.314 e. The van der Waals surface area contributed by atoms with Crippen molar-refractivity contribution in [3.63, 3.8) is 0 Å². The van der Waals surface area contributed by atoms with E-state index in [1.807, 2.05) is 37.3 Å². The first-order valence-corrected chi connectivity index (χ1v) is 7.83. The van der Waals surface area contributed by atoms with Crippen LogP contribution in [-0.4, -0.2) is 31.2 Å². The molecular weight excluding hydrogens is 284 g/mol. The third kappa shape index (κ3) is 4.65. The zero-order valence-electron chi connectivity index (χ0n) is 12.3. The Morgan fingerprint density at radius 2 is 2.14 bits per heavy atom. The zero-order valence-corrected chi connectivity index (χ0v) is 13.2. The van der Waals surface area contributed by atoms with E-state index in [1.54, 1.807) is 11.3 Å². The van der Waals surface area contributed by atoms with Crippen LogP contribution in [0, 0.1) is 6.92 Å². The lowest BCUT2D eigenvalue weighted by Gasteiger charge is -2.15. The van der Waals surface area contributed by atoms with Crippen LogP contribution in [0.25, 0.3) is 0 Å². The molecule has 1 aromatic carbocycles. The van der Waals surface area contributed by atoms with Gasteiger partial charge in [0.1, 0.15) is 0 Å². The van der Waals surface area contributed by atoms with Crippen molar-refractivity contribution in [2.24, 2.45) is 0 Å². The lowest BCUT2D eigenvalue weighted by Crippen LogP contribution is -2.29. The van der Waals surface area contributed by atoms with Crippen molar-refractivity contribution in [2.45, 2.75) is 19.3 Å². The lowest BCUT2D eigenvalue weighted by atomic mass is 9.99. The monoisotopic (exact) mass is 304 g/mol. The average Bonchev–Trinajstić information content (AvgIpc) is 2.93. The quantitative estimate of drug-likeness (QED) is 0.631. The molecule has 0 aliphatic heterocycles. The molecule has 2 aromatic rings. The minimum absolute atomic E-state index is 0.210. The fraction of sp³-hybridized carbons (Fsp3) is 0.375. The number of hydrogen-bond acceptors (Lipinski definition) is 5. The number of benzene rings is 1. The van der Waals surface area contributed by atoms with Crippen LogP contribution in [0.3, 0.4) is 0 Å². The number of nitrogens with zero attached hydrogens (tertiary/aromatic N) is 1. The number of esters is 1. The topological polar surface area (TPSA) is 51.2 Å². The molecule has 1 aromatic heterocycles. The van der Waals surface area contributed by atoms with Crippen molar-refractivity contribution in [3.8, 4) is 0 Å². The molecule has 21 heavy (non-hydrogen) atoms. The molecule has 0 saturated carbocycles. The Kier molecular flexibility index (Phi) is 5.90. The van der Waals surface area contributed by atoms with Crippen LogP contribution in [0.5, 0.6) is 0 Å². The molecule has 0 radical (unpaired) electrons. The van der Waals surface area contributed by atoms with Crippen LogP contribution in [-0.2, 0) is 16.0 Å². The molecule has 0 aliphatic carbocycles. The number of methoxy groups -OCH3 is 1. The molecule has 4 nitrogen and oxygen atoms in total. The summed E-state index contributed by atoms with van der Waals surface area (Å²) in [5, 5.41) is 6.48. The van der Waals surface area contributed by atoms with Crippen molar-refractivity contribution < 1.29 is 9.53 Å². The van der Waals surface area contributed by atoms with Gasteiger partial charge in [0.05, 0.1) is 23.7 Å². The fourth-order valence-electron chi connectivity index (χ4n) is 2.15. The maximum atomic E-state index is 11.9. The largest absolute Gasteiger partial charge is 0.469 e. The standard InChI is InChI=1S/C16H20N2O2S/c1-12-18-14(11-21-12)8-9-17-10-15(16(19)20-2)13-6-4-3-5-7-13/h3-7,11,15,17H,8-10H2,1-2H3. The van der Waals surface area contributed by atoms with Gasteiger partial charge in [0.15, 0.2) is 0 Å². The molecule has 112 valence electrons. The Balaban J connectivity index is 1.86. The van der Waals surface area contributed by atoms with E-state index in [4.69, 9.17) is 4.74 Å². The van der Waals surface area contributed by atoms with Crippen molar-refractivity contribution in [1.29, 1.82) is 0 Å². The van der Waals surface area contributed by atoms with Gasteiger partial charge >= 0.3 is 5.97 Å². The number of aryl methyl sites for hydroxylation is 1. The number of nitrogens with one attached hydrogen (secondary N) is 1. The van der Waals surface area contributed by atoms with Gasteiger partial charge in [0.25, 0.3) is 0 Å². The Labute approximate surface area is 129 Å². The number of thiazole rings is 1. The summed E-state index contributed by atoms with van der Waals surface area (Å²) in [6.45, 7) is 3.37. The second-order valence-electron chi connectivity index (χ2n) is 4.80. The number of ether oxygens (including phenoxy) is 1. The Morgan fingerprint density at radius 3 is 2.76 bits per heavy atom. The minimum atomic E-state index is -0.270. The first-order valence-electron chi connectivity index (χ1n) is 6.95. The molecule has 0 aliphatic rings. The first-order chi connectivity index (χ1) is 10.2. The highest BCUT2D eigenvalue weighted by atomic mass is 32.1. The van der Waals surface area contributed by atoms with Gasteiger partial charge in [-0.3, -0.25) is 4.79 Å². The van der Waals surface area contributed by atoms with Gasteiger partial charge in [-0.05, 0) is 12.5 Å². The SMILES string of the molecule is COC(=O)C(CNCCc1csc(C)n1)c1ccccc1. The highest BCUT2D eigenvalue weighted by Gasteiger charge is 2.20. The minimum Gasteiger partial charge on any atom is -0.469 e. The van der Waals surface area contributed by atoms with Crippen molar-refractivity contribution >= 4 is 17.3 Å². The van der Waals surface area contributed by atoms with Gasteiger partial charge in [-0.25, -0.2) is 4.98 Å². The van der Waals surface area contributed by atoms with Gasteiger partial charge in [0.2, 0.25) is 0 Å². The van der Waals surface area contributed by atoms with Gasteiger partial charge in [-0.1, -0.05) is 30.3 Å². The maximum Gasteiger partial charge on any atom is 0.314 e. The van der Waals surface area contributed by atoms with E-state index in [9.17, 15) is 4.79 Å². The lowest BCUT2D eigenvalue weighted by molar-refractivity contribution is -0.142. The van der Waals surface area contributed by atoms with E-state index in [0.29, 0.717) is 6.54 Å². The molecule has 0 saturated heterocycles. The van der Waals surface area contributed by atoms with Crippen molar-refractivity contribution in [1.82, 2.24) is 10.3 Å². The van der Waals surface area contributed by atoms with Crippen LogP contribution in [0.1, 0.15) is 22.2 Å². The Morgan fingerprint density at radius 1 is 1.38 bits per heavy atom. The fourth-order valence-corrected chi connectivity index (χ4v) is 2.80. The van der Waals surface area contributed by atoms with Crippen molar-refractivity contribution in [2.75, 3.05) is 20.2 Å². The van der Waals surface area contributed by atoms with Crippen LogP contribution in [0.2, 0.25) is 0 Å². The summed E-state index contributed by atoms with van der Waals surface area (Å²) >= 11 is 1.66. The van der Waals surface area contributed by atoms with Gasteiger partial charge in [-0.2, -0.15) is 0 Å². The molecule has 0 spiro atoms.